The molecule has 5 nitrogen and oxygen atoms in total. The Morgan fingerprint density at radius 2 is 2.00 bits per heavy atom. The molecule has 2 aliphatic rings. The predicted molar refractivity (Wildman–Crippen MR) is 91.2 cm³/mol. The van der Waals surface area contributed by atoms with Gasteiger partial charge in [-0.15, -0.1) is 0 Å². The van der Waals surface area contributed by atoms with Crippen molar-refractivity contribution < 1.29 is 4.74 Å². The molecule has 1 N–H and O–H groups in total. The van der Waals surface area contributed by atoms with Crippen molar-refractivity contribution in [1.82, 2.24) is 15.1 Å². The average Bonchev–Trinajstić information content (AvgIpc) is 3.15. The summed E-state index contributed by atoms with van der Waals surface area (Å²) in [7, 11) is 0. The Kier molecular flexibility index (Phi) is 3.73. The van der Waals surface area contributed by atoms with Gasteiger partial charge in [-0.2, -0.15) is 5.10 Å². The van der Waals surface area contributed by atoms with E-state index in [9.17, 15) is 0 Å². The van der Waals surface area contributed by atoms with Gasteiger partial charge < -0.3 is 9.64 Å². The minimum Gasteiger partial charge on any atom is -0.493 e. The smallest absolute Gasteiger partial charge is 0.122 e. The first kappa shape index (κ1) is 14.6. The van der Waals surface area contributed by atoms with E-state index in [1.165, 1.54) is 22.5 Å². The van der Waals surface area contributed by atoms with Gasteiger partial charge in [0.2, 0.25) is 0 Å². The number of nitrogens with zero attached hydrogens (tertiary/aromatic N) is 3. The highest BCUT2D eigenvalue weighted by Gasteiger charge is 2.21. The first-order valence-electron chi connectivity index (χ1n) is 8.44. The molecule has 23 heavy (non-hydrogen) atoms. The molecule has 1 aromatic heterocycles. The van der Waals surface area contributed by atoms with Crippen LogP contribution < -0.4 is 9.64 Å². The summed E-state index contributed by atoms with van der Waals surface area (Å²) in [5.41, 5.74) is 6.34. The van der Waals surface area contributed by atoms with E-state index in [0.717, 1.165) is 57.2 Å². The summed E-state index contributed by atoms with van der Waals surface area (Å²) < 4.78 is 5.59. The maximum absolute atomic E-state index is 5.59. The molecule has 1 aromatic carbocycles. The zero-order chi connectivity index (χ0) is 15.8. The van der Waals surface area contributed by atoms with Gasteiger partial charge in [-0.25, -0.2) is 0 Å². The van der Waals surface area contributed by atoms with Gasteiger partial charge in [0.15, 0.2) is 0 Å². The fourth-order valence-electron chi connectivity index (χ4n) is 3.74. The molecular formula is C18H24N4O. The quantitative estimate of drug-likeness (QED) is 0.944. The lowest BCUT2D eigenvalue weighted by atomic mass is 10.1. The zero-order valence-corrected chi connectivity index (χ0v) is 13.9. The molecule has 5 heteroatoms. The van der Waals surface area contributed by atoms with Crippen LogP contribution in [0, 0.1) is 13.8 Å². The van der Waals surface area contributed by atoms with Crippen molar-refractivity contribution in [1.29, 1.82) is 0 Å². The molecule has 122 valence electrons. The third kappa shape index (κ3) is 2.81. The van der Waals surface area contributed by atoms with Gasteiger partial charge in [0.1, 0.15) is 5.75 Å². The lowest BCUT2D eigenvalue weighted by Crippen LogP contribution is -2.46. The van der Waals surface area contributed by atoms with Crippen LogP contribution >= 0.6 is 0 Å². The van der Waals surface area contributed by atoms with Crippen LogP contribution in [0.15, 0.2) is 18.2 Å². The number of benzene rings is 1. The normalized spacial score (nSPS) is 18.1. The Balaban J connectivity index is 1.38. The Bertz CT molecular complexity index is 682. The average molecular weight is 312 g/mol. The second kappa shape index (κ2) is 5.89. The summed E-state index contributed by atoms with van der Waals surface area (Å²) >= 11 is 0. The molecule has 2 aliphatic heterocycles. The third-order valence-corrected chi connectivity index (χ3v) is 4.94. The van der Waals surface area contributed by atoms with E-state index in [4.69, 9.17) is 4.74 Å². The second-order valence-electron chi connectivity index (χ2n) is 6.59. The Morgan fingerprint density at radius 1 is 1.17 bits per heavy atom. The number of aryl methyl sites for hydroxylation is 2. The number of anilines is 1. The molecule has 0 spiro atoms. The highest BCUT2D eigenvalue weighted by atomic mass is 16.5. The van der Waals surface area contributed by atoms with Gasteiger partial charge in [-0.1, -0.05) is 12.1 Å². The van der Waals surface area contributed by atoms with Crippen LogP contribution in [0.25, 0.3) is 0 Å². The van der Waals surface area contributed by atoms with Crippen molar-refractivity contribution in [2.75, 3.05) is 37.7 Å². The number of hydrogen-bond acceptors (Lipinski definition) is 4. The maximum Gasteiger partial charge on any atom is 0.122 e. The highest BCUT2D eigenvalue weighted by Crippen LogP contribution is 2.27. The van der Waals surface area contributed by atoms with Crippen LogP contribution in [0.1, 0.15) is 22.5 Å². The van der Waals surface area contributed by atoms with Gasteiger partial charge in [0.05, 0.1) is 23.7 Å². The minimum atomic E-state index is 0.834. The molecule has 0 aliphatic carbocycles. The van der Waals surface area contributed by atoms with E-state index in [-0.39, 0.29) is 0 Å². The van der Waals surface area contributed by atoms with Crippen molar-refractivity contribution in [3.05, 3.63) is 40.7 Å². The topological polar surface area (TPSA) is 44.4 Å². The van der Waals surface area contributed by atoms with E-state index in [1.54, 1.807) is 0 Å². The van der Waals surface area contributed by atoms with Gasteiger partial charge in [-0.3, -0.25) is 10.00 Å². The summed E-state index contributed by atoms with van der Waals surface area (Å²) in [4.78, 5) is 5.00. The monoisotopic (exact) mass is 312 g/mol. The molecule has 0 bridgehead atoms. The molecule has 1 saturated heterocycles. The van der Waals surface area contributed by atoms with E-state index < -0.39 is 0 Å². The fourth-order valence-corrected chi connectivity index (χ4v) is 3.74. The van der Waals surface area contributed by atoms with Crippen LogP contribution in [0.5, 0.6) is 5.75 Å². The van der Waals surface area contributed by atoms with Crippen molar-refractivity contribution in [3.8, 4) is 5.75 Å². The SMILES string of the molecule is Cc1n[nH]c(C)c1N1CCN(Cc2ccc3c(c2)CCO3)CC1. The van der Waals surface area contributed by atoms with Crippen LogP contribution in [0.3, 0.4) is 0 Å². The highest BCUT2D eigenvalue weighted by molar-refractivity contribution is 5.54. The summed E-state index contributed by atoms with van der Waals surface area (Å²) in [5.74, 6) is 1.07. The van der Waals surface area contributed by atoms with Gasteiger partial charge in [-0.05, 0) is 31.0 Å². The van der Waals surface area contributed by atoms with E-state index in [1.807, 2.05) is 0 Å². The molecule has 0 saturated carbocycles. The van der Waals surface area contributed by atoms with Crippen LogP contribution in [0.4, 0.5) is 5.69 Å². The Hall–Kier alpha value is -2.01. The molecule has 1 fully saturated rings. The number of hydrogen-bond donors (Lipinski definition) is 1. The van der Waals surface area contributed by atoms with Crippen molar-refractivity contribution in [2.45, 2.75) is 26.8 Å². The fraction of sp³-hybridized carbons (Fsp3) is 0.500. The molecule has 0 unspecified atom stereocenters. The lowest BCUT2D eigenvalue weighted by molar-refractivity contribution is 0.249. The molecule has 0 atom stereocenters. The molecule has 4 rings (SSSR count). The first-order chi connectivity index (χ1) is 11.2. The number of nitrogens with one attached hydrogen (secondary N) is 1. The van der Waals surface area contributed by atoms with Crippen LogP contribution in [-0.4, -0.2) is 47.9 Å². The number of ether oxygens (including phenoxy) is 1. The van der Waals surface area contributed by atoms with Crippen LogP contribution in [0.2, 0.25) is 0 Å². The molecule has 0 amide bonds. The summed E-state index contributed by atoms with van der Waals surface area (Å²) in [6, 6.07) is 6.66. The summed E-state index contributed by atoms with van der Waals surface area (Å²) in [6.07, 6.45) is 1.05. The number of fused-ring (bicyclic) bond motifs is 1. The van der Waals surface area contributed by atoms with Crippen molar-refractivity contribution >= 4 is 5.69 Å². The number of H-pyrrole nitrogens is 1. The second-order valence-corrected chi connectivity index (χ2v) is 6.59. The predicted octanol–water partition coefficient (Wildman–Crippen LogP) is 2.28. The number of piperazine rings is 1. The van der Waals surface area contributed by atoms with E-state index in [2.05, 4.69) is 52.0 Å². The summed E-state index contributed by atoms with van der Waals surface area (Å²) in [5, 5.41) is 7.41. The largest absolute Gasteiger partial charge is 0.493 e. The van der Waals surface area contributed by atoms with E-state index >= 15 is 0 Å². The minimum absolute atomic E-state index is 0.834. The molecule has 0 radical (unpaired) electrons. The number of aromatic nitrogens is 2. The number of aromatic amines is 1. The van der Waals surface area contributed by atoms with E-state index in [0.29, 0.717) is 0 Å². The Morgan fingerprint density at radius 3 is 2.74 bits per heavy atom. The molecule has 2 aromatic rings. The summed E-state index contributed by atoms with van der Waals surface area (Å²) in [6.45, 7) is 10.4. The maximum atomic E-state index is 5.59. The molecule has 3 heterocycles. The van der Waals surface area contributed by atoms with Gasteiger partial charge >= 0.3 is 0 Å². The number of rotatable bonds is 3. The standard InChI is InChI=1S/C18H24N4O/c1-13-18(14(2)20-19-13)22-8-6-21(7-9-22)12-15-3-4-17-16(11-15)5-10-23-17/h3-4,11H,5-10,12H2,1-2H3,(H,19,20). The first-order valence-corrected chi connectivity index (χ1v) is 8.44. The van der Waals surface area contributed by atoms with Gasteiger partial charge in [0, 0.05) is 39.1 Å². The lowest BCUT2D eigenvalue weighted by Gasteiger charge is -2.36. The van der Waals surface area contributed by atoms with Crippen LogP contribution in [-0.2, 0) is 13.0 Å². The third-order valence-electron chi connectivity index (χ3n) is 4.94. The van der Waals surface area contributed by atoms with Gasteiger partial charge in [0.25, 0.3) is 0 Å². The Labute approximate surface area is 137 Å². The molecular weight excluding hydrogens is 288 g/mol. The van der Waals surface area contributed by atoms with Crippen molar-refractivity contribution in [3.63, 3.8) is 0 Å². The zero-order valence-electron chi connectivity index (χ0n) is 13.9. The van der Waals surface area contributed by atoms with Crippen molar-refractivity contribution in [2.24, 2.45) is 0 Å².